The molecule has 1 aromatic rings. The summed E-state index contributed by atoms with van der Waals surface area (Å²) >= 11 is 0. The summed E-state index contributed by atoms with van der Waals surface area (Å²) in [7, 11) is 1.89. The summed E-state index contributed by atoms with van der Waals surface area (Å²) < 4.78 is 0. The van der Waals surface area contributed by atoms with Crippen LogP contribution in [0.1, 0.15) is 57.4 Å². The molecule has 0 spiro atoms. The Morgan fingerprint density at radius 1 is 1.15 bits per heavy atom. The van der Waals surface area contributed by atoms with Crippen molar-refractivity contribution in [3.63, 3.8) is 0 Å². The fraction of sp³-hybridized carbons (Fsp3) is 0.682. The summed E-state index contributed by atoms with van der Waals surface area (Å²) in [4.78, 5) is 7.08. The summed E-state index contributed by atoms with van der Waals surface area (Å²) in [6.07, 6.45) is 8.89. The van der Waals surface area contributed by atoms with E-state index in [-0.39, 0.29) is 29.4 Å². The first-order valence-electron chi connectivity index (χ1n) is 10.5. The molecule has 1 saturated heterocycles. The number of halogens is 1. The van der Waals surface area contributed by atoms with Gasteiger partial charge < -0.3 is 15.5 Å². The highest BCUT2D eigenvalue weighted by atomic mass is 127. The van der Waals surface area contributed by atoms with Gasteiger partial charge in [0.25, 0.3) is 0 Å². The second-order valence-corrected chi connectivity index (χ2v) is 8.04. The fourth-order valence-corrected chi connectivity index (χ4v) is 4.67. The number of aliphatic imine (C=N–C) groups is 1. The lowest BCUT2D eigenvalue weighted by Gasteiger charge is -2.34. The quantitative estimate of drug-likeness (QED) is 0.362. The molecule has 152 valence electrons. The Morgan fingerprint density at radius 3 is 2.41 bits per heavy atom. The average Bonchev–Trinajstić information content (AvgIpc) is 3.17. The second-order valence-electron chi connectivity index (χ2n) is 8.04. The normalized spacial score (nSPS) is 20.9. The van der Waals surface area contributed by atoms with Gasteiger partial charge in [-0.15, -0.1) is 24.0 Å². The van der Waals surface area contributed by atoms with Crippen LogP contribution in [0.25, 0.3) is 0 Å². The Bertz CT molecular complexity index is 561. The van der Waals surface area contributed by atoms with Crippen molar-refractivity contribution >= 4 is 29.9 Å². The molecule has 3 rings (SSSR count). The van der Waals surface area contributed by atoms with Crippen molar-refractivity contribution in [1.82, 2.24) is 15.5 Å². The highest BCUT2D eigenvalue weighted by Crippen LogP contribution is 2.40. The van der Waals surface area contributed by atoms with Crippen LogP contribution >= 0.6 is 24.0 Å². The predicted octanol–water partition coefficient (Wildman–Crippen LogP) is 4.16. The zero-order valence-corrected chi connectivity index (χ0v) is 19.4. The molecule has 1 aliphatic heterocycles. The van der Waals surface area contributed by atoms with Gasteiger partial charge in [0.05, 0.1) is 0 Å². The third kappa shape index (κ3) is 6.08. The van der Waals surface area contributed by atoms with Gasteiger partial charge in [-0.3, -0.25) is 4.99 Å². The van der Waals surface area contributed by atoms with Gasteiger partial charge in [-0.05, 0) is 44.2 Å². The number of piperidine rings is 1. The van der Waals surface area contributed by atoms with E-state index in [1.165, 1.54) is 70.1 Å². The SMILES string of the molecule is CCCN1CCC(NC(=NC)NCC2(c3ccccc3)CCCC2)CC1.I. The first-order chi connectivity index (χ1) is 12.8. The zero-order valence-electron chi connectivity index (χ0n) is 17.0. The number of rotatable bonds is 6. The number of nitrogens with zero attached hydrogens (tertiary/aromatic N) is 2. The van der Waals surface area contributed by atoms with Crippen LogP contribution in [-0.2, 0) is 5.41 Å². The van der Waals surface area contributed by atoms with E-state index in [0.717, 1.165) is 12.5 Å². The Labute approximate surface area is 182 Å². The van der Waals surface area contributed by atoms with Crippen molar-refractivity contribution in [2.45, 2.75) is 63.3 Å². The third-order valence-corrected chi connectivity index (χ3v) is 6.23. The van der Waals surface area contributed by atoms with E-state index in [1.54, 1.807) is 0 Å². The van der Waals surface area contributed by atoms with Crippen LogP contribution < -0.4 is 10.6 Å². The summed E-state index contributed by atoms with van der Waals surface area (Å²) in [5.74, 6) is 0.973. The molecule has 2 aliphatic rings. The Kier molecular flexibility index (Phi) is 9.36. The van der Waals surface area contributed by atoms with Crippen LogP contribution in [0.3, 0.4) is 0 Å². The molecule has 1 aliphatic carbocycles. The monoisotopic (exact) mass is 484 g/mol. The van der Waals surface area contributed by atoms with Crippen molar-refractivity contribution in [3.05, 3.63) is 35.9 Å². The molecule has 0 unspecified atom stereocenters. The summed E-state index contributed by atoms with van der Waals surface area (Å²) in [6.45, 7) is 6.89. The molecule has 2 fully saturated rings. The molecule has 0 atom stereocenters. The van der Waals surface area contributed by atoms with Gasteiger partial charge in [-0.25, -0.2) is 0 Å². The zero-order chi connectivity index (χ0) is 18.2. The van der Waals surface area contributed by atoms with Crippen LogP contribution in [0.15, 0.2) is 35.3 Å². The Balaban J connectivity index is 0.00000261. The van der Waals surface area contributed by atoms with Gasteiger partial charge in [0, 0.05) is 38.1 Å². The van der Waals surface area contributed by atoms with Crippen LogP contribution in [-0.4, -0.2) is 50.1 Å². The first kappa shape index (κ1) is 22.5. The molecule has 0 amide bonds. The molecule has 1 heterocycles. The lowest BCUT2D eigenvalue weighted by Crippen LogP contribution is -2.51. The van der Waals surface area contributed by atoms with Crippen molar-refractivity contribution < 1.29 is 0 Å². The second kappa shape index (κ2) is 11.2. The van der Waals surface area contributed by atoms with Gasteiger partial charge >= 0.3 is 0 Å². The minimum absolute atomic E-state index is 0. The molecule has 0 radical (unpaired) electrons. The number of benzene rings is 1. The maximum Gasteiger partial charge on any atom is 0.191 e. The van der Waals surface area contributed by atoms with Crippen molar-refractivity contribution in [2.24, 2.45) is 4.99 Å². The number of likely N-dealkylation sites (tertiary alicyclic amines) is 1. The Hall–Kier alpha value is -0.820. The standard InChI is InChI=1S/C22H36N4.HI/c1-3-15-26-16-11-20(12-17-26)25-21(23-2)24-18-22(13-7-8-14-22)19-9-5-4-6-10-19;/h4-6,9-10,20H,3,7-8,11-18H2,1-2H3,(H2,23,24,25);1H. The number of hydrogen-bond donors (Lipinski definition) is 2. The van der Waals surface area contributed by atoms with Gasteiger partial charge in [-0.1, -0.05) is 50.1 Å². The fourth-order valence-electron chi connectivity index (χ4n) is 4.67. The maximum absolute atomic E-state index is 4.50. The molecule has 2 N–H and O–H groups in total. The summed E-state index contributed by atoms with van der Waals surface area (Å²) in [5.41, 5.74) is 1.75. The molecule has 1 aromatic carbocycles. The minimum Gasteiger partial charge on any atom is -0.356 e. The van der Waals surface area contributed by atoms with E-state index >= 15 is 0 Å². The molecule has 4 nitrogen and oxygen atoms in total. The topological polar surface area (TPSA) is 39.7 Å². The van der Waals surface area contributed by atoms with Gasteiger partial charge in [-0.2, -0.15) is 0 Å². The molecule has 0 aromatic heterocycles. The lowest BCUT2D eigenvalue weighted by molar-refractivity contribution is 0.206. The minimum atomic E-state index is 0. The molecular formula is C22H37IN4. The highest BCUT2D eigenvalue weighted by Gasteiger charge is 2.35. The van der Waals surface area contributed by atoms with Crippen LogP contribution in [0.5, 0.6) is 0 Å². The largest absolute Gasteiger partial charge is 0.356 e. The average molecular weight is 484 g/mol. The smallest absolute Gasteiger partial charge is 0.191 e. The van der Waals surface area contributed by atoms with E-state index in [9.17, 15) is 0 Å². The number of nitrogens with one attached hydrogen (secondary N) is 2. The summed E-state index contributed by atoms with van der Waals surface area (Å²) in [5, 5.41) is 7.33. The lowest BCUT2D eigenvalue weighted by atomic mass is 9.79. The van der Waals surface area contributed by atoms with Crippen molar-refractivity contribution in [1.29, 1.82) is 0 Å². The van der Waals surface area contributed by atoms with Gasteiger partial charge in [0.15, 0.2) is 5.96 Å². The molecule has 5 heteroatoms. The van der Waals surface area contributed by atoms with Crippen molar-refractivity contribution in [2.75, 3.05) is 33.2 Å². The highest BCUT2D eigenvalue weighted by molar-refractivity contribution is 14.0. The van der Waals surface area contributed by atoms with Gasteiger partial charge in [0.2, 0.25) is 0 Å². The van der Waals surface area contributed by atoms with Gasteiger partial charge in [0.1, 0.15) is 0 Å². The third-order valence-electron chi connectivity index (χ3n) is 6.23. The first-order valence-corrected chi connectivity index (χ1v) is 10.5. The maximum atomic E-state index is 4.50. The van der Waals surface area contributed by atoms with E-state index in [1.807, 2.05) is 7.05 Å². The van der Waals surface area contributed by atoms with Crippen molar-refractivity contribution in [3.8, 4) is 0 Å². The van der Waals surface area contributed by atoms with E-state index in [0.29, 0.717) is 6.04 Å². The van der Waals surface area contributed by atoms with E-state index in [2.05, 4.69) is 57.8 Å². The van der Waals surface area contributed by atoms with E-state index in [4.69, 9.17) is 0 Å². The molecule has 1 saturated carbocycles. The summed E-state index contributed by atoms with van der Waals surface area (Å²) in [6, 6.07) is 11.6. The van der Waals surface area contributed by atoms with Crippen LogP contribution in [0.4, 0.5) is 0 Å². The van der Waals surface area contributed by atoms with Crippen LogP contribution in [0, 0.1) is 0 Å². The van der Waals surface area contributed by atoms with E-state index < -0.39 is 0 Å². The molecular weight excluding hydrogens is 447 g/mol. The van der Waals surface area contributed by atoms with Crippen LogP contribution in [0.2, 0.25) is 0 Å². The molecule has 27 heavy (non-hydrogen) atoms. The predicted molar refractivity (Wildman–Crippen MR) is 126 cm³/mol. The molecule has 0 bridgehead atoms. The number of hydrogen-bond acceptors (Lipinski definition) is 2. The number of guanidine groups is 1. The Morgan fingerprint density at radius 2 is 1.81 bits per heavy atom.